The predicted octanol–water partition coefficient (Wildman–Crippen LogP) is 1.36. The fourth-order valence-corrected chi connectivity index (χ4v) is 1.44. The maximum atomic E-state index is 11.2. The monoisotopic (exact) mass is 231 g/mol. The minimum atomic E-state index is -0.467. The number of hydrogen-bond donors (Lipinski definition) is 0. The fourth-order valence-electron chi connectivity index (χ4n) is 1.44. The normalized spacial score (nSPS) is 10.2. The fraction of sp³-hybridized carbons (Fsp3) is 0.0909. The summed E-state index contributed by atoms with van der Waals surface area (Å²) in [5, 5.41) is 14.7. The molecule has 6 nitrogen and oxygen atoms in total. The molecule has 0 saturated heterocycles. The van der Waals surface area contributed by atoms with E-state index in [0.717, 1.165) is 0 Å². The number of benzene rings is 1. The van der Waals surface area contributed by atoms with Crippen molar-refractivity contribution in [2.45, 2.75) is 0 Å². The van der Waals surface area contributed by atoms with E-state index in [1.807, 2.05) is 0 Å². The topological polar surface area (TPSA) is 78.0 Å². The highest BCUT2D eigenvalue weighted by molar-refractivity contribution is 5.61. The maximum Gasteiger partial charge on any atom is 0.270 e. The highest BCUT2D eigenvalue weighted by atomic mass is 16.6. The molecule has 1 aromatic heterocycles. The molecule has 0 atom stereocenters. The number of non-ortho nitro benzene ring substituents is 1. The molecule has 0 amide bonds. The molecule has 0 fully saturated rings. The zero-order valence-electron chi connectivity index (χ0n) is 9.03. The van der Waals surface area contributed by atoms with Crippen molar-refractivity contribution in [1.82, 2.24) is 9.78 Å². The van der Waals surface area contributed by atoms with E-state index in [4.69, 9.17) is 0 Å². The van der Waals surface area contributed by atoms with Crippen molar-refractivity contribution in [3.63, 3.8) is 0 Å². The van der Waals surface area contributed by atoms with E-state index >= 15 is 0 Å². The second-order valence-electron chi connectivity index (χ2n) is 3.49. The Balaban J connectivity index is 2.52. The summed E-state index contributed by atoms with van der Waals surface area (Å²) in [5.74, 6) is 0. The van der Waals surface area contributed by atoms with E-state index in [-0.39, 0.29) is 11.2 Å². The number of nitrogens with zero attached hydrogens (tertiary/aromatic N) is 3. The van der Waals surface area contributed by atoms with Crippen LogP contribution < -0.4 is 5.56 Å². The van der Waals surface area contributed by atoms with Gasteiger partial charge in [0.1, 0.15) is 0 Å². The summed E-state index contributed by atoms with van der Waals surface area (Å²) < 4.78 is 1.19. The molecule has 6 heteroatoms. The van der Waals surface area contributed by atoms with E-state index in [2.05, 4.69) is 5.10 Å². The minimum absolute atomic E-state index is 0.00171. The quantitative estimate of drug-likeness (QED) is 0.577. The largest absolute Gasteiger partial charge is 0.270 e. The molecule has 17 heavy (non-hydrogen) atoms. The maximum absolute atomic E-state index is 11.2. The van der Waals surface area contributed by atoms with Crippen molar-refractivity contribution in [2.75, 3.05) is 0 Å². The van der Waals surface area contributed by atoms with E-state index in [1.165, 1.54) is 29.9 Å². The van der Waals surface area contributed by atoms with Gasteiger partial charge in [0.2, 0.25) is 0 Å². The number of nitro groups is 1. The lowest BCUT2D eigenvalue weighted by molar-refractivity contribution is -0.384. The average molecular weight is 231 g/mol. The number of aryl methyl sites for hydroxylation is 1. The molecule has 1 aromatic carbocycles. The van der Waals surface area contributed by atoms with E-state index in [0.29, 0.717) is 11.3 Å². The highest BCUT2D eigenvalue weighted by Gasteiger charge is 2.08. The molecule has 0 bridgehead atoms. The minimum Gasteiger partial charge on any atom is -0.268 e. The molecule has 86 valence electrons. The van der Waals surface area contributed by atoms with Crippen molar-refractivity contribution in [3.05, 3.63) is 56.9 Å². The van der Waals surface area contributed by atoms with Crippen molar-refractivity contribution in [1.29, 1.82) is 0 Å². The molecular formula is C11H9N3O3. The van der Waals surface area contributed by atoms with Crippen LogP contribution in [0.1, 0.15) is 0 Å². The van der Waals surface area contributed by atoms with Gasteiger partial charge in [-0.25, -0.2) is 4.68 Å². The Morgan fingerprint density at radius 3 is 2.71 bits per heavy atom. The first-order chi connectivity index (χ1) is 8.08. The Morgan fingerprint density at radius 2 is 2.06 bits per heavy atom. The molecule has 1 heterocycles. The van der Waals surface area contributed by atoms with E-state index in [1.54, 1.807) is 18.2 Å². The molecule has 0 saturated carbocycles. The van der Waals surface area contributed by atoms with Crippen LogP contribution in [-0.2, 0) is 7.05 Å². The van der Waals surface area contributed by atoms with Gasteiger partial charge in [0.25, 0.3) is 11.2 Å². The van der Waals surface area contributed by atoms with Crippen LogP contribution in [0.5, 0.6) is 0 Å². The van der Waals surface area contributed by atoms with Gasteiger partial charge in [0, 0.05) is 30.8 Å². The molecule has 0 aliphatic carbocycles. The van der Waals surface area contributed by atoms with Crippen LogP contribution in [0.4, 0.5) is 5.69 Å². The lowest BCUT2D eigenvalue weighted by Gasteiger charge is -2.02. The van der Waals surface area contributed by atoms with Crippen molar-refractivity contribution in [2.24, 2.45) is 7.05 Å². The van der Waals surface area contributed by atoms with Crippen LogP contribution in [-0.4, -0.2) is 14.7 Å². The van der Waals surface area contributed by atoms with Gasteiger partial charge in [-0.15, -0.1) is 0 Å². The molecule has 0 aliphatic rings. The Bertz CT molecular complexity index is 634. The first kappa shape index (κ1) is 11.0. The van der Waals surface area contributed by atoms with E-state index < -0.39 is 4.92 Å². The van der Waals surface area contributed by atoms with Crippen LogP contribution in [0.3, 0.4) is 0 Å². The van der Waals surface area contributed by atoms with Gasteiger partial charge in [-0.05, 0) is 6.07 Å². The summed E-state index contributed by atoms with van der Waals surface area (Å²) in [4.78, 5) is 21.3. The lowest BCUT2D eigenvalue weighted by atomic mass is 10.1. The molecule has 0 unspecified atom stereocenters. The second kappa shape index (κ2) is 4.17. The summed E-state index contributed by atoms with van der Waals surface area (Å²) in [5.41, 5.74) is 0.905. The molecule has 0 spiro atoms. The first-order valence-electron chi connectivity index (χ1n) is 4.87. The second-order valence-corrected chi connectivity index (χ2v) is 3.49. The standard InChI is InChI=1S/C11H9N3O3/c1-13-11(15)6-5-10(12-13)8-3-2-4-9(7-8)14(16)17/h2-7H,1H3. The first-order valence-corrected chi connectivity index (χ1v) is 4.87. The van der Waals surface area contributed by atoms with Gasteiger partial charge < -0.3 is 0 Å². The third-order valence-electron chi connectivity index (χ3n) is 2.31. The number of rotatable bonds is 2. The Kier molecular flexibility index (Phi) is 2.70. The summed E-state index contributed by atoms with van der Waals surface area (Å²) in [6.45, 7) is 0. The Hall–Kier alpha value is -2.50. The molecule has 2 aromatic rings. The van der Waals surface area contributed by atoms with Crippen molar-refractivity contribution < 1.29 is 4.92 Å². The molecule has 2 rings (SSSR count). The lowest BCUT2D eigenvalue weighted by Crippen LogP contribution is -2.18. The van der Waals surface area contributed by atoms with Gasteiger partial charge in [0.15, 0.2) is 0 Å². The van der Waals surface area contributed by atoms with Crippen molar-refractivity contribution in [3.8, 4) is 11.3 Å². The van der Waals surface area contributed by atoms with E-state index in [9.17, 15) is 14.9 Å². The van der Waals surface area contributed by atoms with Crippen LogP contribution >= 0.6 is 0 Å². The third-order valence-corrected chi connectivity index (χ3v) is 2.31. The van der Waals surface area contributed by atoms with Gasteiger partial charge in [-0.1, -0.05) is 12.1 Å². The summed E-state index contributed by atoms with van der Waals surface area (Å²) >= 11 is 0. The zero-order valence-corrected chi connectivity index (χ0v) is 9.03. The average Bonchev–Trinajstić information content (AvgIpc) is 2.33. The van der Waals surface area contributed by atoms with Crippen molar-refractivity contribution >= 4 is 5.69 Å². The number of hydrogen-bond acceptors (Lipinski definition) is 4. The number of nitro benzene ring substituents is 1. The Labute approximate surface area is 96.3 Å². The highest BCUT2D eigenvalue weighted by Crippen LogP contribution is 2.20. The van der Waals surface area contributed by atoms with Crippen LogP contribution in [0.15, 0.2) is 41.2 Å². The summed E-state index contributed by atoms with van der Waals surface area (Å²) in [7, 11) is 1.53. The predicted molar refractivity (Wildman–Crippen MR) is 61.6 cm³/mol. The van der Waals surface area contributed by atoms with Gasteiger partial charge in [0.05, 0.1) is 10.6 Å². The van der Waals surface area contributed by atoms with Gasteiger partial charge in [-0.2, -0.15) is 5.10 Å². The molecule has 0 radical (unpaired) electrons. The van der Waals surface area contributed by atoms with Crippen LogP contribution in [0.25, 0.3) is 11.3 Å². The third kappa shape index (κ3) is 2.20. The summed E-state index contributed by atoms with van der Waals surface area (Å²) in [6, 6.07) is 9.04. The van der Waals surface area contributed by atoms with Gasteiger partial charge >= 0.3 is 0 Å². The molecule has 0 aliphatic heterocycles. The number of aromatic nitrogens is 2. The summed E-state index contributed by atoms with van der Waals surface area (Å²) in [6.07, 6.45) is 0. The Morgan fingerprint density at radius 1 is 1.29 bits per heavy atom. The van der Waals surface area contributed by atoms with Crippen LogP contribution in [0.2, 0.25) is 0 Å². The SMILES string of the molecule is Cn1nc(-c2cccc([N+](=O)[O-])c2)ccc1=O. The smallest absolute Gasteiger partial charge is 0.268 e. The zero-order chi connectivity index (χ0) is 12.4. The molecule has 0 N–H and O–H groups in total. The molecular weight excluding hydrogens is 222 g/mol. The van der Waals surface area contributed by atoms with Crippen LogP contribution in [0, 0.1) is 10.1 Å². The van der Waals surface area contributed by atoms with Gasteiger partial charge in [-0.3, -0.25) is 14.9 Å².